The van der Waals surface area contributed by atoms with Crippen LogP contribution in [-0.2, 0) is 17.8 Å². The number of hydrogen-bond donors (Lipinski definition) is 2. The van der Waals surface area contributed by atoms with E-state index in [1.54, 1.807) is 6.07 Å². The van der Waals surface area contributed by atoms with Crippen molar-refractivity contribution in [3.8, 4) is 22.6 Å². The molecule has 0 bridgehead atoms. The summed E-state index contributed by atoms with van der Waals surface area (Å²) < 4.78 is 0. The lowest BCUT2D eigenvalue weighted by Crippen LogP contribution is -2.26. The van der Waals surface area contributed by atoms with Crippen LogP contribution in [0.2, 0.25) is 0 Å². The largest absolute Gasteiger partial charge is 0.336 e. The molecule has 0 unspecified atom stereocenters. The standard InChI is InChI=1S/C30H30N8O/c1-3-17-38(20-23-9-5-4-6-10-23)30-31-26(24-11-7-8-12-25(24)29-34-36-37-35-29)19-27(33-30)32-28(39)18-22-15-13-21(2)14-16-22/h4-16,19H,3,17-18,20H2,1-2H3,(H,31,32,33,39)(H,34,35,36,37). The van der Waals surface area contributed by atoms with E-state index in [1.165, 1.54) is 0 Å². The van der Waals surface area contributed by atoms with Crippen LogP contribution in [0.15, 0.2) is 84.9 Å². The van der Waals surface area contributed by atoms with Crippen molar-refractivity contribution in [2.75, 3.05) is 16.8 Å². The van der Waals surface area contributed by atoms with Gasteiger partial charge in [-0.15, -0.1) is 10.2 Å². The number of rotatable bonds is 10. The maximum absolute atomic E-state index is 13.0. The van der Waals surface area contributed by atoms with E-state index < -0.39 is 0 Å². The van der Waals surface area contributed by atoms with E-state index in [-0.39, 0.29) is 12.3 Å². The molecule has 3 aromatic carbocycles. The number of tetrazole rings is 1. The van der Waals surface area contributed by atoms with E-state index in [4.69, 9.17) is 9.97 Å². The molecule has 0 fully saturated rings. The van der Waals surface area contributed by atoms with Crippen LogP contribution in [0.1, 0.15) is 30.0 Å². The number of carbonyl (C=O) groups is 1. The number of benzene rings is 3. The van der Waals surface area contributed by atoms with Crippen molar-refractivity contribution in [2.45, 2.75) is 33.2 Å². The molecule has 0 saturated carbocycles. The Hall–Kier alpha value is -4.92. The summed E-state index contributed by atoms with van der Waals surface area (Å²) in [5, 5.41) is 17.6. The monoisotopic (exact) mass is 518 g/mol. The molecule has 2 N–H and O–H groups in total. The summed E-state index contributed by atoms with van der Waals surface area (Å²) >= 11 is 0. The zero-order valence-electron chi connectivity index (χ0n) is 22.0. The van der Waals surface area contributed by atoms with Gasteiger partial charge >= 0.3 is 0 Å². The number of H-pyrrole nitrogens is 1. The smallest absolute Gasteiger partial charge is 0.229 e. The van der Waals surface area contributed by atoms with Gasteiger partial charge in [-0.3, -0.25) is 4.79 Å². The first kappa shape index (κ1) is 25.7. The van der Waals surface area contributed by atoms with Crippen LogP contribution in [0, 0.1) is 6.92 Å². The summed E-state index contributed by atoms with van der Waals surface area (Å²) in [4.78, 5) is 24.9. The molecule has 0 radical (unpaired) electrons. The number of nitrogens with one attached hydrogen (secondary N) is 2. The van der Waals surface area contributed by atoms with Crippen molar-refractivity contribution in [1.82, 2.24) is 30.6 Å². The fraction of sp³-hybridized carbons (Fsp3) is 0.200. The van der Waals surface area contributed by atoms with Crippen LogP contribution in [-0.4, -0.2) is 43.0 Å². The Kier molecular flexibility index (Phi) is 7.97. The van der Waals surface area contributed by atoms with E-state index in [1.807, 2.05) is 73.7 Å². The highest BCUT2D eigenvalue weighted by Crippen LogP contribution is 2.31. The minimum Gasteiger partial charge on any atom is -0.336 e. The molecule has 9 nitrogen and oxygen atoms in total. The van der Waals surface area contributed by atoms with Gasteiger partial charge in [-0.05, 0) is 29.7 Å². The lowest BCUT2D eigenvalue weighted by Gasteiger charge is -2.23. The predicted molar refractivity (Wildman–Crippen MR) is 152 cm³/mol. The number of aromatic amines is 1. The van der Waals surface area contributed by atoms with Gasteiger partial charge in [-0.2, -0.15) is 10.2 Å². The summed E-state index contributed by atoms with van der Waals surface area (Å²) in [6.45, 7) is 5.54. The lowest BCUT2D eigenvalue weighted by molar-refractivity contribution is -0.115. The first-order valence-electron chi connectivity index (χ1n) is 13.0. The van der Waals surface area contributed by atoms with Gasteiger partial charge in [0.1, 0.15) is 5.82 Å². The Balaban J connectivity index is 1.53. The lowest BCUT2D eigenvalue weighted by atomic mass is 10.0. The van der Waals surface area contributed by atoms with Crippen LogP contribution < -0.4 is 10.2 Å². The van der Waals surface area contributed by atoms with Crippen molar-refractivity contribution < 1.29 is 4.79 Å². The van der Waals surface area contributed by atoms with Gasteiger partial charge in [0.05, 0.1) is 12.1 Å². The fourth-order valence-corrected chi connectivity index (χ4v) is 4.36. The molecule has 0 aliphatic rings. The van der Waals surface area contributed by atoms with Gasteiger partial charge < -0.3 is 10.2 Å². The third-order valence-electron chi connectivity index (χ3n) is 6.25. The van der Waals surface area contributed by atoms with Crippen molar-refractivity contribution in [3.05, 3.63) is 102 Å². The zero-order chi connectivity index (χ0) is 27.0. The van der Waals surface area contributed by atoms with Gasteiger partial charge in [0.15, 0.2) is 0 Å². The van der Waals surface area contributed by atoms with Crippen molar-refractivity contribution in [2.24, 2.45) is 0 Å². The molecule has 5 rings (SSSR count). The van der Waals surface area contributed by atoms with Crippen molar-refractivity contribution in [3.63, 3.8) is 0 Å². The average Bonchev–Trinajstić information content (AvgIpc) is 3.50. The van der Waals surface area contributed by atoms with E-state index in [2.05, 4.69) is 49.9 Å². The van der Waals surface area contributed by atoms with Crippen LogP contribution >= 0.6 is 0 Å². The summed E-state index contributed by atoms with van der Waals surface area (Å²) in [7, 11) is 0. The van der Waals surface area contributed by atoms with Crippen molar-refractivity contribution >= 4 is 17.7 Å². The molecular formula is C30H30N8O. The molecule has 0 spiro atoms. The Morgan fingerprint density at radius 1 is 0.897 bits per heavy atom. The molecule has 0 atom stereocenters. The van der Waals surface area contributed by atoms with Gasteiger partial charge in [0.2, 0.25) is 17.7 Å². The second-order valence-corrected chi connectivity index (χ2v) is 9.34. The number of aromatic nitrogens is 6. The first-order chi connectivity index (χ1) is 19.1. The molecule has 2 heterocycles. The quantitative estimate of drug-likeness (QED) is 0.260. The number of amides is 1. The Labute approximate surface area is 227 Å². The van der Waals surface area contributed by atoms with E-state index in [0.29, 0.717) is 29.8 Å². The molecule has 1 amide bonds. The minimum absolute atomic E-state index is 0.147. The van der Waals surface area contributed by atoms with Crippen LogP contribution in [0.3, 0.4) is 0 Å². The van der Waals surface area contributed by atoms with Crippen LogP contribution in [0.4, 0.5) is 11.8 Å². The van der Waals surface area contributed by atoms with E-state index in [0.717, 1.165) is 40.8 Å². The SMILES string of the molecule is CCCN(Cc1ccccc1)c1nc(NC(=O)Cc2ccc(C)cc2)cc(-c2ccccc2-c2nn[nH]n2)n1. The summed E-state index contributed by atoms with van der Waals surface area (Å²) in [5.74, 6) is 1.28. The molecule has 39 heavy (non-hydrogen) atoms. The highest BCUT2D eigenvalue weighted by Gasteiger charge is 2.18. The van der Waals surface area contributed by atoms with E-state index in [9.17, 15) is 4.79 Å². The summed E-state index contributed by atoms with van der Waals surface area (Å²) in [5.41, 5.74) is 5.48. The average molecular weight is 519 g/mol. The second kappa shape index (κ2) is 12.1. The minimum atomic E-state index is -0.147. The molecule has 0 aliphatic carbocycles. The molecule has 0 saturated heterocycles. The summed E-state index contributed by atoms with van der Waals surface area (Å²) in [6, 6.07) is 27.7. The van der Waals surface area contributed by atoms with Gasteiger partial charge in [-0.1, -0.05) is 91.3 Å². The normalized spacial score (nSPS) is 10.8. The van der Waals surface area contributed by atoms with Crippen LogP contribution in [0.25, 0.3) is 22.6 Å². The Bertz CT molecular complexity index is 1520. The number of carbonyl (C=O) groups excluding carboxylic acids is 1. The molecule has 5 aromatic rings. The zero-order valence-corrected chi connectivity index (χ0v) is 22.0. The highest BCUT2D eigenvalue weighted by atomic mass is 16.1. The van der Waals surface area contributed by atoms with Crippen molar-refractivity contribution in [1.29, 1.82) is 0 Å². The molecule has 2 aromatic heterocycles. The van der Waals surface area contributed by atoms with Crippen LogP contribution in [0.5, 0.6) is 0 Å². The number of nitrogens with zero attached hydrogens (tertiary/aromatic N) is 6. The highest BCUT2D eigenvalue weighted by molar-refractivity contribution is 5.92. The predicted octanol–water partition coefficient (Wildman–Crippen LogP) is 5.23. The van der Waals surface area contributed by atoms with E-state index >= 15 is 0 Å². The molecule has 0 aliphatic heterocycles. The number of hydrogen-bond acceptors (Lipinski definition) is 7. The fourth-order valence-electron chi connectivity index (χ4n) is 4.36. The first-order valence-corrected chi connectivity index (χ1v) is 13.0. The second-order valence-electron chi connectivity index (χ2n) is 9.34. The molecule has 196 valence electrons. The van der Waals surface area contributed by atoms with Gasteiger partial charge in [0.25, 0.3) is 0 Å². The molecule has 9 heteroatoms. The third kappa shape index (κ3) is 6.51. The summed E-state index contributed by atoms with van der Waals surface area (Å²) in [6.07, 6.45) is 1.16. The maximum atomic E-state index is 13.0. The topological polar surface area (TPSA) is 113 Å². The number of aryl methyl sites for hydroxylation is 1. The molecular weight excluding hydrogens is 488 g/mol. The Morgan fingerprint density at radius 2 is 1.64 bits per heavy atom. The third-order valence-corrected chi connectivity index (χ3v) is 6.25. The number of anilines is 2. The Morgan fingerprint density at radius 3 is 2.36 bits per heavy atom. The maximum Gasteiger partial charge on any atom is 0.229 e. The van der Waals surface area contributed by atoms with Gasteiger partial charge in [0, 0.05) is 30.3 Å². The van der Waals surface area contributed by atoms with Gasteiger partial charge in [-0.25, -0.2) is 4.98 Å².